The Morgan fingerprint density at radius 2 is 2.00 bits per heavy atom. The molecule has 13 heavy (non-hydrogen) atoms. The number of halogens is 1. The fourth-order valence-electron chi connectivity index (χ4n) is 0.680. The van der Waals surface area contributed by atoms with Crippen molar-refractivity contribution in [3.63, 3.8) is 0 Å². The number of amides is 2. The number of hydrogen-bond acceptors (Lipinski definition) is 3. The van der Waals surface area contributed by atoms with Gasteiger partial charge in [0.05, 0.1) is 6.61 Å². The van der Waals surface area contributed by atoms with E-state index in [0.717, 1.165) is 24.2 Å². The Morgan fingerprint density at radius 1 is 1.38 bits per heavy atom. The lowest BCUT2D eigenvalue weighted by molar-refractivity contribution is 0.119. The van der Waals surface area contributed by atoms with E-state index in [4.69, 9.17) is 16.3 Å². The smallest absolute Gasteiger partial charge is 0.417 e. The van der Waals surface area contributed by atoms with Gasteiger partial charge in [0.25, 0.3) is 0 Å². The maximum Gasteiger partial charge on any atom is 0.417 e. The zero-order valence-corrected chi connectivity index (χ0v) is 8.63. The minimum atomic E-state index is -0.833. The molecule has 0 heterocycles. The van der Waals surface area contributed by atoms with Crippen LogP contribution in [0.4, 0.5) is 9.59 Å². The number of nitrogens with zero attached hydrogens (tertiary/aromatic N) is 1. The molecule has 0 aromatic heterocycles. The first-order valence-corrected chi connectivity index (χ1v) is 4.57. The Kier molecular flexibility index (Phi) is 6.32. The average Bonchev–Trinajstić information content (AvgIpc) is 2.10. The van der Waals surface area contributed by atoms with Crippen LogP contribution in [0.25, 0.3) is 0 Å². The standard InChI is InChI=1S/C8H14ClNO3/c1-3-4-5-6-13-8(12)10(2)7(9)11/h3-6H2,1-2H3. The second-order valence-corrected chi connectivity index (χ2v) is 2.96. The molecule has 0 aromatic carbocycles. The molecule has 0 aliphatic carbocycles. The molecule has 0 rings (SSSR count). The Labute approximate surface area is 82.8 Å². The summed E-state index contributed by atoms with van der Waals surface area (Å²) in [6, 6.07) is 0. The average molecular weight is 208 g/mol. The van der Waals surface area contributed by atoms with Gasteiger partial charge in [0.2, 0.25) is 0 Å². The van der Waals surface area contributed by atoms with Crippen molar-refractivity contribution in [1.82, 2.24) is 4.90 Å². The molecule has 0 aromatic rings. The topological polar surface area (TPSA) is 46.6 Å². The van der Waals surface area contributed by atoms with Crippen LogP contribution < -0.4 is 0 Å². The van der Waals surface area contributed by atoms with Gasteiger partial charge in [-0.25, -0.2) is 9.69 Å². The van der Waals surface area contributed by atoms with Crippen molar-refractivity contribution in [1.29, 1.82) is 0 Å². The first-order valence-electron chi connectivity index (χ1n) is 4.19. The summed E-state index contributed by atoms with van der Waals surface area (Å²) in [5.41, 5.74) is 0. The van der Waals surface area contributed by atoms with Gasteiger partial charge in [0.1, 0.15) is 0 Å². The van der Waals surface area contributed by atoms with E-state index in [0.29, 0.717) is 6.61 Å². The maximum absolute atomic E-state index is 10.9. The quantitative estimate of drug-likeness (QED) is 0.405. The lowest BCUT2D eigenvalue weighted by Gasteiger charge is -2.11. The Morgan fingerprint density at radius 3 is 2.46 bits per heavy atom. The van der Waals surface area contributed by atoms with Crippen molar-refractivity contribution in [2.75, 3.05) is 13.7 Å². The van der Waals surface area contributed by atoms with E-state index >= 15 is 0 Å². The van der Waals surface area contributed by atoms with E-state index < -0.39 is 11.5 Å². The third-order valence-corrected chi connectivity index (χ3v) is 1.76. The van der Waals surface area contributed by atoms with Crippen molar-refractivity contribution in [3.05, 3.63) is 0 Å². The highest BCUT2D eigenvalue weighted by atomic mass is 35.5. The van der Waals surface area contributed by atoms with E-state index in [2.05, 4.69) is 6.92 Å². The van der Waals surface area contributed by atoms with Crippen LogP contribution in [0, 0.1) is 0 Å². The fraction of sp³-hybridized carbons (Fsp3) is 0.750. The van der Waals surface area contributed by atoms with Gasteiger partial charge in [0.15, 0.2) is 0 Å². The molecule has 0 bridgehead atoms. The van der Waals surface area contributed by atoms with Crippen molar-refractivity contribution in [3.8, 4) is 0 Å². The molecule has 76 valence electrons. The number of imide groups is 1. The first kappa shape index (κ1) is 12.2. The molecule has 5 heteroatoms. The summed E-state index contributed by atoms with van der Waals surface area (Å²) in [6.07, 6.45) is 2.18. The van der Waals surface area contributed by atoms with Gasteiger partial charge in [-0.2, -0.15) is 0 Å². The summed E-state index contributed by atoms with van der Waals surface area (Å²) in [5.74, 6) is 0. The zero-order valence-electron chi connectivity index (χ0n) is 7.88. The number of carbonyl (C=O) groups is 2. The van der Waals surface area contributed by atoms with Crippen LogP contribution in [0.5, 0.6) is 0 Å². The Bertz CT molecular complexity index is 184. The maximum atomic E-state index is 10.9. The van der Waals surface area contributed by atoms with Crippen LogP contribution in [0.1, 0.15) is 26.2 Å². The van der Waals surface area contributed by atoms with E-state index in [1.54, 1.807) is 0 Å². The van der Waals surface area contributed by atoms with Gasteiger partial charge in [-0.15, -0.1) is 0 Å². The highest BCUT2D eigenvalue weighted by Crippen LogP contribution is 1.99. The molecular weight excluding hydrogens is 194 g/mol. The summed E-state index contributed by atoms with van der Waals surface area (Å²) in [4.78, 5) is 22.1. The van der Waals surface area contributed by atoms with Crippen LogP contribution >= 0.6 is 11.6 Å². The van der Waals surface area contributed by atoms with Crippen molar-refractivity contribution in [2.24, 2.45) is 0 Å². The predicted molar refractivity (Wildman–Crippen MR) is 49.9 cm³/mol. The second kappa shape index (κ2) is 6.71. The van der Waals surface area contributed by atoms with Gasteiger partial charge in [-0.3, -0.25) is 4.79 Å². The van der Waals surface area contributed by atoms with Gasteiger partial charge in [0, 0.05) is 7.05 Å². The van der Waals surface area contributed by atoms with Crippen LogP contribution in [-0.4, -0.2) is 30.0 Å². The lowest BCUT2D eigenvalue weighted by atomic mass is 10.3. The molecule has 0 spiro atoms. The molecule has 0 aliphatic rings. The van der Waals surface area contributed by atoms with Gasteiger partial charge >= 0.3 is 11.5 Å². The summed E-state index contributed by atoms with van der Waals surface area (Å²) in [5, 5.41) is -0.833. The Hall–Kier alpha value is -0.770. The van der Waals surface area contributed by atoms with Crippen molar-refractivity contribution < 1.29 is 14.3 Å². The molecular formula is C8H14ClNO3. The molecule has 0 radical (unpaired) electrons. The summed E-state index contributed by atoms with van der Waals surface area (Å²) < 4.78 is 4.75. The number of ether oxygens (including phenoxy) is 1. The third-order valence-electron chi connectivity index (χ3n) is 1.51. The molecule has 0 N–H and O–H groups in total. The first-order chi connectivity index (χ1) is 6.09. The number of carbonyl (C=O) groups excluding carboxylic acids is 2. The molecule has 0 aliphatic heterocycles. The van der Waals surface area contributed by atoms with Crippen LogP contribution in [-0.2, 0) is 4.74 Å². The third kappa shape index (κ3) is 5.47. The van der Waals surface area contributed by atoms with E-state index in [1.807, 2.05) is 0 Å². The highest BCUT2D eigenvalue weighted by molar-refractivity contribution is 6.63. The van der Waals surface area contributed by atoms with E-state index in [1.165, 1.54) is 7.05 Å². The van der Waals surface area contributed by atoms with Crippen molar-refractivity contribution >= 4 is 23.1 Å². The van der Waals surface area contributed by atoms with Gasteiger partial charge in [-0.05, 0) is 18.0 Å². The predicted octanol–water partition coefficient (Wildman–Crippen LogP) is 2.60. The number of rotatable bonds is 4. The SMILES string of the molecule is CCCCCOC(=O)N(C)C(=O)Cl. The molecule has 0 saturated heterocycles. The normalized spacial score (nSPS) is 9.46. The minimum absolute atomic E-state index is 0.335. The van der Waals surface area contributed by atoms with E-state index in [9.17, 15) is 9.59 Å². The molecule has 0 atom stereocenters. The monoisotopic (exact) mass is 207 g/mol. The number of hydrogen-bond donors (Lipinski definition) is 0. The van der Waals surface area contributed by atoms with Gasteiger partial charge in [-0.1, -0.05) is 19.8 Å². The second-order valence-electron chi connectivity index (χ2n) is 2.63. The van der Waals surface area contributed by atoms with Crippen LogP contribution in [0.2, 0.25) is 0 Å². The Balaban J connectivity index is 3.56. The van der Waals surface area contributed by atoms with E-state index in [-0.39, 0.29) is 0 Å². The van der Waals surface area contributed by atoms with Crippen LogP contribution in [0.15, 0.2) is 0 Å². The highest BCUT2D eigenvalue weighted by Gasteiger charge is 2.14. The zero-order chi connectivity index (χ0) is 10.3. The molecule has 0 unspecified atom stereocenters. The van der Waals surface area contributed by atoms with Gasteiger partial charge < -0.3 is 4.74 Å². The molecule has 4 nitrogen and oxygen atoms in total. The van der Waals surface area contributed by atoms with Crippen molar-refractivity contribution in [2.45, 2.75) is 26.2 Å². The molecule has 0 saturated carbocycles. The molecule has 2 amide bonds. The summed E-state index contributed by atoms with van der Waals surface area (Å²) in [6.45, 7) is 2.39. The fourth-order valence-corrected chi connectivity index (χ4v) is 0.749. The van der Waals surface area contributed by atoms with Crippen LogP contribution in [0.3, 0.4) is 0 Å². The molecule has 0 fully saturated rings. The lowest BCUT2D eigenvalue weighted by Crippen LogP contribution is -2.29. The minimum Gasteiger partial charge on any atom is -0.449 e. The summed E-state index contributed by atoms with van der Waals surface area (Å²) >= 11 is 5.05. The number of unbranched alkanes of at least 4 members (excludes halogenated alkanes) is 2. The largest absolute Gasteiger partial charge is 0.449 e. The summed E-state index contributed by atoms with van der Waals surface area (Å²) in [7, 11) is 1.28.